The second kappa shape index (κ2) is 7.51. The fourth-order valence-corrected chi connectivity index (χ4v) is 2.36. The maximum atomic E-state index is 5.65. The fraction of sp³-hybridized carbons (Fsp3) is 0.625. The maximum absolute atomic E-state index is 5.65. The van der Waals surface area contributed by atoms with Crippen LogP contribution in [0.4, 0.5) is 0 Å². The quantitative estimate of drug-likeness (QED) is 0.820. The van der Waals surface area contributed by atoms with Crippen molar-refractivity contribution in [2.24, 2.45) is 5.92 Å². The molecule has 1 heterocycles. The zero-order chi connectivity index (χ0) is 13.5. The van der Waals surface area contributed by atoms with Crippen LogP contribution < -0.4 is 10.1 Å². The van der Waals surface area contributed by atoms with Crippen LogP contribution in [0.15, 0.2) is 24.3 Å². The highest BCUT2D eigenvalue weighted by Gasteiger charge is 2.21. The summed E-state index contributed by atoms with van der Waals surface area (Å²) in [7, 11) is 0. The summed E-state index contributed by atoms with van der Waals surface area (Å²) >= 11 is 0. The monoisotopic (exact) mass is 263 g/mol. The van der Waals surface area contributed by atoms with Gasteiger partial charge in [0.15, 0.2) is 0 Å². The van der Waals surface area contributed by atoms with Crippen molar-refractivity contribution in [3.63, 3.8) is 0 Å². The SMILES string of the molecule is CCCOc1cccc(CNC(C)C2CCOC2)c1. The van der Waals surface area contributed by atoms with Gasteiger partial charge in [0, 0.05) is 19.2 Å². The first-order valence-corrected chi connectivity index (χ1v) is 7.32. The maximum Gasteiger partial charge on any atom is 0.119 e. The minimum absolute atomic E-state index is 0.503. The van der Waals surface area contributed by atoms with Gasteiger partial charge in [0.25, 0.3) is 0 Å². The van der Waals surface area contributed by atoms with Crippen molar-refractivity contribution in [3.05, 3.63) is 29.8 Å². The second-order valence-corrected chi connectivity index (χ2v) is 5.29. The van der Waals surface area contributed by atoms with Crippen LogP contribution in [-0.4, -0.2) is 25.9 Å². The summed E-state index contributed by atoms with van der Waals surface area (Å²) in [5.41, 5.74) is 1.28. The molecule has 3 nitrogen and oxygen atoms in total. The first-order valence-electron chi connectivity index (χ1n) is 7.32. The van der Waals surface area contributed by atoms with Crippen molar-refractivity contribution in [2.75, 3.05) is 19.8 Å². The number of benzene rings is 1. The molecule has 2 unspecified atom stereocenters. The molecule has 0 saturated carbocycles. The predicted molar refractivity (Wildman–Crippen MR) is 77.5 cm³/mol. The lowest BCUT2D eigenvalue weighted by Gasteiger charge is -2.19. The Bertz CT molecular complexity index is 375. The summed E-state index contributed by atoms with van der Waals surface area (Å²) in [6.07, 6.45) is 2.22. The van der Waals surface area contributed by atoms with Crippen LogP contribution in [0.25, 0.3) is 0 Å². The van der Waals surface area contributed by atoms with Gasteiger partial charge >= 0.3 is 0 Å². The molecule has 19 heavy (non-hydrogen) atoms. The summed E-state index contributed by atoms with van der Waals surface area (Å²) < 4.78 is 11.1. The molecular weight excluding hydrogens is 238 g/mol. The first kappa shape index (κ1) is 14.4. The van der Waals surface area contributed by atoms with Gasteiger partial charge in [-0.15, -0.1) is 0 Å². The van der Waals surface area contributed by atoms with Gasteiger partial charge in [-0.25, -0.2) is 0 Å². The van der Waals surface area contributed by atoms with E-state index in [2.05, 4.69) is 37.4 Å². The summed E-state index contributed by atoms with van der Waals surface area (Å²) in [5, 5.41) is 3.59. The Labute approximate surface area is 116 Å². The van der Waals surface area contributed by atoms with Crippen molar-refractivity contribution < 1.29 is 9.47 Å². The Morgan fingerprint density at radius 2 is 2.37 bits per heavy atom. The molecule has 0 aromatic heterocycles. The lowest BCUT2D eigenvalue weighted by atomic mass is 10.0. The van der Waals surface area contributed by atoms with E-state index in [9.17, 15) is 0 Å². The Morgan fingerprint density at radius 1 is 1.47 bits per heavy atom. The van der Waals surface area contributed by atoms with E-state index in [-0.39, 0.29) is 0 Å². The van der Waals surface area contributed by atoms with Gasteiger partial charge < -0.3 is 14.8 Å². The number of ether oxygens (including phenoxy) is 2. The second-order valence-electron chi connectivity index (χ2n) is 5.29. The lowest BCUT2D eigenvalue weighted by Crippen LogP contribution is -2.33. The molecule has 0 aliphatic carbocycles. The van der Waals surface area contributed by atoms with Gasteiger partial charge in [0.05, 0.1) is 13.2 Å². The minimum Gasteiger partial charge on any atom is -0.494 e. The van der Waals surface area contributed by atoms with Gasteiger partial charge in [-0.3, -0.25) is 0 Å². The smallest absolute Gasteiger partial charge is 0.119 e. The molecule has 0 amide bonds. The Hall–Kier alpha value is -1.06. The predicted octanol–water partition coefficient (Wildman–Crippen LogP) is 2.99. The topological polar surface area (TPSA) is 30.5 Å². The van der Waals surface area contributed by atoms with Gasteiger partial charge in [-0.2, -0.15) is 0 Å². The van der Waals surface area contributed by atoms with E-state index in [0.29, 0.717) is 12.0 Å². The van der Waals surface area contributed by atoms with E-state index < -0.39 is 0 Å². The van der Waals surface area contributed by atoms with Crippen LogP contribution in [0.1, 0.15) is 32.3 Å². The molecule has 1 fully saturated rings. The Balaban J connectivity index is 1.81. The van der Waals surface area contributed by atoms with Crippen molar-refractivity contribution in [2.45, 2.75) is 39.3 Å². The average molecular weight is 263 g/mol. The summed E-state index contributed by atoms with van der Waals surface area (Å²) in [6, 6.07) is 8.85. The molecular formula is C16H25NO2. The number of hydrogen-bond acceptors (Lipinski definition) is 3. The highest BCUT2D eigenvalue weighted by atomic mass is 16.5. The first-order chi connectivity index (χ1) is 9.29. The zero-order valence-electron chi connectivity index (χ0n) is 12.0. The van der Waals surface area contributed by atoms with Gasteiger partial charge in [0.2, 0.25) is 0 Å². The molecule has 1 aliphatic heterocycles. The summed E-state index contributed by atoms with van der Waals surface area (Å²) in [4.78, 5) is 0. The van der Waals surface area contributed by atoms with Crippen molar-refractivity contribution in [1.82, 2.24) is 5.32 Å². The highest BCUT2D eigenvalue weighted by molar-refractivity contribution is 5.28. The van der Waals surface area contributed by atoms with Crippen LogP contribution in [0.3, 0.4) is 0 Å². The van der Waals surface area contributed by atoms with Crippen LogP contribution >= 0.6 is 0 Å². The van der Waals surface area contributed by atoms with E-state index in [4.69, 9.17) is 9.47 Å². The molecule has 2 atom stereocenters. The molecule has 106 valence electrons. The summed E-state index contributed by atoms with van der Waals surface area (Å²) in [5.74, 6) is 1.62. The van der Waals surface area contributed by atoms with E-state index in [1.54, 1.807) is 0 Å². The third kappa shape index (κ3) is 4.51. The molecule has 1 aliphatic rings. The van der Waals surface area contributed by atoms with Crippen molar-refractivity contribution >= 4 is 0 Å². The number of nitrogens with one attached hydrogen (secondary N) is 1. The normalized spacial score (nSPS) is 20.4. The van der Waals surface area contributed by atoms with Crippen LogP contribution in [0, 0.1) is 5.92 Å². The Kier molecular flexibility index (Phi) is 5.67. The lowest BCUT2D eigenvalue weighted by molar-refractivity contribution is 0.178. The third-order valence-electron chi connectivity index (χ3n) is 3.67. The van der Waals surface area contributed by atoms with Crippen molar-refractivity contribution in [3.8, 4) is 5.75 Å². The number of rotatable bonds is 7. The largest absolute Gasteiger partial charge is 0.494 e. The molecule has 1 aromatic rings. The highest BCUT2D eigenvalue weighted by Crippen LogP contribution is 2.18. The minimum atomic E-state index is 0.503. The average Bonchev–Trinajstić information content (AvgIpc) is 2.97. The van der Waals surface area contributed by atoms with Crippen molar-refractivity contribution in [1.29, 1.82) is 0 Å². The molecule has 0 bridgehead atoms. The van der Waals surface area contributed by atoms with E-state index in [0.717, 1.165) is 38.5 Å². The Morgan fingerprint density at radius 3 is 3.11 bits per heavy atom. The van der Waals surface area contributed by atoms with Gasteiger partial charge in [0.1, 0.15) is 5.75 Å². The van der Waals surface area contributed by atoms with Gasteiger partial charge in [-0.05, 0) is 43.4 Å². The molecule has 0 spiro atoms. The molecule has 3 heteroatoms. The van der Waals surface area contributed by atoms with Gasteiger partial charge in [-0.1, -0.05) is 19.1 Å². The van der Waals surface area contributed by atoms with E-state index >= 15 is 0 Å². The van der Waals surface area contributed by atoms with Crippen LogP contribution in [0.5, 0.6) is 5.75 Å². The standard InChI is InChI=1S/C16H25NO2/c1-3-8-19-16-6-4-5-14(10-16)11-17-13(2)15-7-9-18-12-15/h4-6,10,13,15,17H,3,7-9,11-12H2,1-2H3. The van der Waals surface area contributed by atoms with Crippen LogP contribution in [-0.2, 0) is 11.3 Å². The number of hydrogen-bond donors (Lipinski definition) is 1. The van der Waals surface area contributed by atoms with E-state index in [1.165, 1.54) is 12.0 Å². The third-order valence-corrected chi connectivity index (χ3v) is 3.67. The molecule has 1 aromatic carbocycles. The van der Waals surface area contributed by atoms with E-state index in [1.807, 2.05) is 6.07 Å². The molecule has 1 N–H and O–H groups in total. The van der Waals surface area contributed by atoms with Crippen LogP contribution in [0.2, 0.25) is 0 Å². The zero-order valence-corrected chi connectivity index (χ0v) is 12.0. The fourth-order valence-electron chi connectivity index (χ4n) is 2.36. The molecule has 2 rings (SSSR count). The molecule has 1 saturated heterocycles. The molecule has 0 radical (unpaired) electrons. The summed E-state index contributed by atoms with van der Waals surface area (Å²) in [6.45, 7) is 7.85.